The van der Waals surface area contributed by atoms with Gasteiger partial charge < -0.3 is 10.2 Å². The lowest BCUT2D eigenvalue weighted by molar-refractivity contribution is 0.211. The number of hydrogen-bond donors (Lipinski definition) is 2. The second-order valence-electron chi connectivity index (χ2n) is 6.15. The Labute approximate surface area is 123 Å². The third-order valence-corrected chi connectivity index (χ3v) is 6.02. The normalized spacial score (nSPS) is 26.8. The molecule has 2 aliphatic rings. The SMILES string of the molecule is CCN1CCCC(NS(=O)(=O)CCC2CCNCC2)C1. The lowest BCUT2D eigenvalue weighted by Gasteiger charge is -2.32. The number of likely N-dealkylation sites (tertiary alicyclic amines) is 1. The van der Waals surface area contributed by atoms with E-state index >= 15 is 0 Å². The van der Waals surface area contributed by atoms with Crippen molar-refractivity contribution in [1.29, 1.82) is 0 Å². The van der Waals surface area contributed by atoms with E-state index in [4.69, 9.17) is 0 Å². The van der Waals surface area contributed by atoms with Crippen molar-refractivity contribution in [3.63, 3.8) is 0 Å². The minimum atomic E-state index is -3.11. The minimum Gasteiger partial charge on any atom is -0.317 e. The van der Waals surface area contributed by atoms with Crippen LogP contribution in [0.3, 0.4) is 0 Å². The molecule has 0 radical (unpaired) electrons. The van der Waals surface area contributed by atoms with E-state index in [1.165, 1.54) is 0 Å². The van der Waals surface area contributed by atoms with Crippen molar-refractivity contribution in [2.45, 2.75) is 45.1 Å². The fourth-order valence-electron chi connectivity index (χ4n) is 3.24. The van der Waals surface area contributed by atoms with Gasteiger partial charge in [0.2, 0.25) is 10.0 Å². The molecule has 5 nitrogen and oxygen atoms in total. The molecule has 0 aromatic carbocycles. The molecular weight excluding hydrogens is 274 g/mol. The summed E-state index contributed by atoms with van der Waals surface area (Å²) in [5, 5.41) is 3.32. The maximum absolute atomic E-state index is 12.2. The van der Waals surface area contributed by atoms with Gasteiger partial charge in [0.25, 0.3) is 0 Å². The molecule has 6 heteroatoms. The lowest BCUT2D eigenvalue weighted by Crippen LogP contribution is -2.48. The van der Waals surface area contributed by atoms with Crippen LogP contribution in [0.2, 0.25) is 0 Å². The average molecular weight is 303 g/mol. The van der Waals surface area contributed by atoms with E-state index < -0.39 is 10.0 Å². The first kappa shape index (κ1) is 16.2. The van der Waals surface area contributed by atoms with Gasteiger partial charge in [-0.1, -0.05) is 6.92 Å². The van der Waals surface area contributed by atoms with E-state index in [0.717, 1.165) is 64.8 Å². The molecule has 0 spiro atoms. The molecule has 118 valence electrons. The van der Waals surface area contributed by atoms with Gasteiger partial charge in [-0.05, 0) is 64.2 Å². The highest BCUT2D eigenvalue weighted by molar-refractivity contribution is 7.89. The number of likely N-dealkylation sites (N-methyl/N-ethyl adjacent to an activating group) is 1. The first-order valence-electron chi connectivity index (χ1n) is 8.02. The topological polar surface area (TPSA) is 61.4 Å². The van der Waals surface area contributed by atoms with Gasteiger partial charge in [-0.25, -0.2) is 13.1 Å². The third-order valence-electron chi connectivity index (χ3n) is 4.55. The molecule has 0 bridgehead atoms. The van der Waals surface area contributed by atoms with Gasteiger partial charge in [0.15, 0.2) is 0 Å². The summed E-state index contributed by atoms with van der Waals surface area (Å²) in [5.41, 5.74) is 0. The fourth-order valence-corrected chi connectivity index (χ4v) is 4.71. The maximum atomic E-state index is 12.2. The van der Waals surface area contributed by atoms with Crippen LogP contribution >= 0.6 is 0 Å². The Morgan fingerprint density at radius 2 is 2.00 bits per heavy atom. The Hall–Kier alpha value is -0.170. The fraction of sp³-hybridized carbons (Fsp3) is 1.00. The highest BCUT2D eigenvalue weighted by Gasteiger charge is 2.24. The zero-order valence-corrected chi connectivity index (χ0v) is 13.4. The number of nitrogens with zero attached hydrogens (tertiary/aromatic N) is 1. The molecule has 2 fully saturated rings. The van der Waals surface area contributed by atoms with Crippen LogP contribution in [0.5, 0.6) is 0 Å². The van der Waals surface area contributed by atoms with E-state index in [1.54, 1.807) is 0 Å². The van der Waals surface area contributed by atoms with Crippen molar-refractivity contribution < 1.29 is 8.42 Å². The van der Waals surface area contributed by atoms with Gasteiger partial charge in [-0.2, -0.15) is 0 Å². The number of hydrogen-bond acceptors (Lipinski definition) is 4. The van der Waals surface area contributed by atoms with Crippen LogP contribution in [0.1, 0.15) is 39.0 Å². The average Bonchev–Trinajstić information content (AvgIpc) is 2.46. The Morgan fingerprint density at radius 3 is 2.70 bits per heavy atom. The predicted octanol–water partition coefficient (Wildman–Crippen LogP) is 0.780. The minimum absolute atomic E-state index is 0.113. The zero-order chi connectivity index (χ0) is 14.4. The summed E-state index contributed by atoms with van der Waals surface area (Å²) in [6.07, 6.45) is 5.10. The monoisotopic (exact) mass is 303 g/mol. The summed E-state index contributed by atoms with van der Waals surface area (Å²) in [5.74, 6) is 0.867. The Morgan fingerprint density at radius 1 is 1.25 bits per heavy atom. The summed E-state index contributed by atoms with van der Waals surface area (Å²) in [6, 6.07) is 0.113. The van der Waals surface area contributed by atoms with E-state index in [1.807, 2.05) is 0 Å². The molecule has 0 aliphatic carbocycles. The highest BCUT2D eigenvalue weighted by atomic mass is 32.2. The number of nitrogens with one attached hydrogen (secondary N) is 2. The Kier molecular flexibility index (Phi) is 6.26. The summed E-state index contributed by atoms with van der Waals surface area (Å²) in [7, 11) is -3.11. The Bertz CT molecular complexity index is 380. The van der Waals surface area contributed by atoms with Crippen molar-refractivity contribution in [1.82, 2.24) is 14.9 Å². The molecule has 0 aromatic rings. The van der Waals surface area contributed by atoms with Crippen LogP contribution in [0.4, 0.5) is 0 Å². The van der Waals surface area contributed by atoms with E-state index in [0.29, 0.717) is 11.7 Å². The molecule has 2 saturated heterocycles. The van der Waals surface area contributed by atoms with E-state index in [2.05, 4.69) is 21.9 Å². The quantitative estimate of drug-likeness (QED) is 0.761. The van der Waals surface area contributed by atoms with Gasteiger partial charge in [-0.3, -0.25) is 0 Å². The van der Waals surface area contributed by atoms with Gasteiger partial charge in [0, 0.05) is 12.6 Å². The number of rotatable bonds is 6. The predicted molar refractivity (Wildman–Crippen MR) is 82.3 cm³/mol. The summed E-state index contributed by atoms with van der Waals surface area (Å²) >= 11 is 0. The van der Waals surface area contributed by atoms with Gasteiger partial charge >= 0.3 is 0 Å². The molecule has 2 aliphatic heterocycles. The second kappa shape index (κ2) is 7.73. The summed E-state index contributed by atoms with van der Waals surface area (Å²) < 4.78 is 27.3. The van der Waals surface area contributed by atoms with E-state index in [9.17, 15) is 8.42 Å². The summed E-state index contributed by atoms with van der Waals surface area (Å²) in [4.78, 5) is 2.32. The summed E-state index contributed by atoms with van der Waals surface area (Å²) in [6.45, 7) is 7.17. The third kappa shape index (κ3) is 5.31. The molecule has 0 amide bonds. The molecule has 2 rings (SSSR count). The van der Waals surface area contributed by atoms with Crippen molar-refractivity contribution in [2.75, 3.05) is 38.5 Å². The molecule has 0 aromatic heterocycles. The van der Waals surface area contributed by atoms with Crippen molar-refractivity contribution in [3.8, 4) is 0 Å². The van der Waals surface area contributed by atoms with Crippen LogP contribution in [-0.2, 0) is 10.0 Å². The standard InChI is InChI=1S/C14H29N3O2S/c1-2-17-10-3-4-14(12-17)16-20(18,19)11-7-13-5-8-15-9-6-13/h13-16H,2-12H2,1H3. The van der Waals surface area contributed by atoms with Crippen molar-refractivity contribution >= 4 is 10.0 Å². The molecule has 1 atom stereocenters. The number of sulfonamides is 1. The van der Waals surface area contributed by atoms with Crippen LogP contribution in [0.15, 0.2) is 0 Å². The van der Waals surface area contributed by atoms with Crippen LogP contribution in [0.25, 0.3) is 0 Å². The smallest absolute Gasteiger partial charge is 0.211 e. The molecule has 2 N–H and O–H groups in total. The van der Waals surface area contributed by atoms with Crippen molar-refractivity contribution in [2.24, 2.45) is 5.92 Å². The highest BCUT2D eigenvalue weighted by Crippen LogP contribution is 2.17. The Balaban J connectivity index is 1.75. The number of piperidine rings is 2. The molecular formula is C14H29N3O2S. The van der Waals surface area contributed by atoms with Crippen LogP contribution in [0, 0.1) is 5.92 Å². The van der Waals surface area contributed by atoms with Crippen LogP contribution < -0.4 is 10.0 Å². The van der Waals surface area contributed by atoms with Crippen LogP contribution in [-0.4, -0.2) is 57.8 Å². The largest absolute Gasteiger partial charge is 0.317 e. The molecule has 20 heavy (non-hydrogen) atoms. The first-order valence-corrected chi connectivity index (χ1v) is 9.67. The molecule has 0 saturated carbocycles. The van der Waals surface area contributed by atoms with E-state index in [-0.39, 0.29) is 6.04 Å². The van der Waals surface area contributed by atoms with Gasteiger partial charge in [-0.15, -0.1) is 0 Å². The second-order valence-corrected chi connectivity index (χ2v) is 8.02. The lowest BCUT2D eigenvalue weighted by atomic mass is 9.96. The molecule has 1 unspecified atom stereocenters. The first-order chi connectivity index (χ1) is 9.59. The van der Waals surface area contributed by atoms with Gasteiger partial charge in [0.1, 0.15) is 0 Å². The zero-order valence-electron chi connectivity index (χ0n) is 12.6. The van der Waals surface area contributed by atoms with Gasteiger partial charge in [0.05, 0.1) is 5.75 Å². The molecule has 2 heterocycles. The maximum Gasteiger partial charge on any atom is 0.211 e. The van der Waals surface area contributed by atoms with Crippen molar-refractivity contribution in [3.05, 3.63) is 0 Å².